The summed E-state index contributed by atoms with van der Waals surface area (Å²) >= 11 is 0. The second-order valence-electron chi connectivity index (χ2n) is 16.4. The largest absolute Gasteiger partial charge is 0.371 e. The molecule has 1 aromatic heterocycles. The number of rotatable bonds is 9. The molecule has 0 bridgehead atoms. The second-order valence-corrected chi connectivity index (χ2v) is 16.4. The molecule has 9 rings (SSSR count). The van der Waals surface area contributed by atoms with Crippen LogP contribution in [-0.4, -0.2) is 142 Å². The van der Waals surface area contributed by atoms with E-state index in [4.69, 9.17) is 10.7 Å². The molecule has 18 heteroatoms. The molecule has 3 atom stereocenters. The molecule has 2 aromatic carbocycles. The molecule has 8 amide bonds. The molecule has 6 aliphatic heterocycles. The van der Waals surface area contributed by atoms with Crippen LogP contribution in [0.1, 0.15) is 68.9 Å². The predicted molar refractivity (Wildman–Crippen MR) is 216 cm³/mol. The van der Waals surface area contributed by atoms with Crippen LogP contribution in [0.15, 0.2) is 48.7 Å². The van der Waals surface area contributed by atoms with Crippen molar-refractivity contribution in [1.29, 1.82) is 0 Å². The minimum Gasteiger partial charge on any atom is -0.371 e. The van der Waals surface area contributed by atoms with E-state index in [0.717, 1.165) is 91.9 Å². The van der Waals surface area contributed by atoms with Crippen LogP contribution in [0.4, 0.5) is 32.6 Å². The summed E-state index contributed by atoms with van der Waals surface area (Å²) in [4.78, 5) is 95.5. The number of carbonyl (C=O) groups is 6. The first-order valence-electron chi connectivity index (χ1n) is 20.4. The Morgan fingerprint density at radius 2 is 1.64 bits per heavy atom. The van der Waals surface area contributed by atoms with Gasteiger partial charge in [-0.05, 0) is 86.0 Å². The maximum atomic E-state index is 13.4. The van der Waals surface area contributed by atoms with Gasteiger partial charge in [0.1, 0.15) is 5.82 Å². The third-order valence-corrected chi connectivity index (χ3v) is 12.7. The Labute approximate surface area is 341 Å². The zero-order valence-electron chi connectivity index (χ0n) is 33.0. The van der Waals surface area contributed by atoms with E-state index >= 15 is 0 Å². The number of nitrogens with zero attached hydrogens (tertiary/aromatic N) is 9. The number of anilines is 4. The van der Waals surface area contributed by atoms with E-state index in [1.54, 1.807) is 23.2 Å². The normalized spacial score (nSPS) is 23.8. The Morgan fingerprint density at radius 1 is 0.847 bits per heavy atom. The maximum Gasteiger partial charge on any atom is 0.343 e. The number of carbonyl (C=O) groups excluding carboxylic acids is 6. The van der Waals surface area contributed by atoms with E-state index in [2.05, 4.69) is 42.5 Å². The summed E-state index contributed by atoms with van der Waals surface area (Å²) in [5.74, 6) is -0.284. The summed E-state index contributed by atoms with van der Waals surface area (Å²) < 4.78 is 0. The minimum atomic E-state index is -0.781. The monoisotopic (exact) mass is 804 g/mol. The molecule has 7 heterocycles. The lowest BCUT2D eigenvalue weighted by atomic mass is 9.80. The number of hydrazine groups is 1. The van der Waals surface area contributed by atoms with Gasteiger partial charge in [0.15, 0.2) is 11.5 Å². The Hall–Kier alpha value is -6.30. The number of fused-ring (bicyclic) bond motifs is 2. The van der Waals surface area contributed by atoms with Crippen molar-refractivity contribution in [2.24, 2.45) is 17.6 Å². The summed E-state index contributed by atoms with van der Waals surface area (Å²) in [7, 11) is 1.83. The number of piperidine rings is 3. The smallest absolute Gasteiger partial charge is 0.343 e. The number of likely N-dealkylation sites (N-methyl/N-ethyl adjacent to an activating group) is 1. The van der Waals surface area contributed by atoms with Crippen molar-refractivity contribution < 1.29 is 28.8 Å². The Kier molecular flexibility index (Phi) is 10.0. The standard InChI is InChI=1S/C41H48N12O6/c1-47-17-18-51(41(47)59)30-3-2-13-50(24-30)33-20-43-35(36(42)55)37(45-33)44-28-5-7-29(8-6-28)49-15-11-26-10-14-48(22-27(26)23-49)21-25-4-9-31-32(19-25)39(57)53(38(31)56)52-16-12-34(54)46-40(52)58/h4-9,19-20,26-27,30H,2-3,10-18,21-24H2,1H3,(H2,42,55)(H,44,45)(H,46,54,58)/t26-,27+,30+/m0/s1. The number of hydrogen-bond donors (Lipinski definition) is 3. The van der Waals surface area contributed by atoms with Crippen LogP contribution in [0.5, 0.6) is 0 Å². The molecule has 59 heavy (non-hydrogen) atoms. The van der Waals surface area contributed by atoms with Crippen molar-refractivity contribution in [3.8, 4) is 0 Å². The molecule has 4 N–H and O–H groups in total. The van der Waals surface area contributed by atoms with E-state index in [1.165, 1.54) is 0 Å². The van der Waals surface area contributed by atoms with Gasteiger partial charge in [-0.3, -0.25) is 29.4 Å². The second kappa shape index (κ2) is 15.5. The highest BCUT2D eigenvalue weighted by Crippen LogP contribution is 2.35. The molecule has 0 saturated carbocycles. The number of primary amides is 1. The lowest BCUT2D eigenvalue weighted by Crippen LogP contribution is -2.58. The third-order valence-electron chi connectivity index (χ3n) is 12.7. The van der Waals surface area contributed by atoms with Gasteiger partial charge in [0, 0.05) is 77.2 Å². The van der Waals surface area contributed by atoms with Gasteiger partial charge >= 0.3 is 12.1 Å². The fourth-order valence-corrected chi connectivity index (χ4v) is 9.53. The Bertz CT molecular complexity index is 2220. The van der Waals surface area contributed by atoms with E-state index in [1.807, 2.05) is 30.1 Å². The number of benzene rings is 2. The highest BCUT2D eigenvalue weighted by molar-refractivity contribution is 6.22. The van der Waals surface area contributed by atoms with Crippen LogP contribution in [-0.2, 0) is 11.3 Å². The number of likely N-dealkylation sites (tertiary alicyclic amines) is 1. The summed E-state index contributed by atoms with van der Waals surface area (Å²) in [6.45, 7) is 7.10. The molecule has 18 nitrogen and oxygen atoms in total. The van der Waals surface area contributed by atoms with Crippen LogP contribution in [0, 0.1) is 11.8 Å². The first kappa shape index (κ1) is 38.2. The van der Waals surface area contributed by atoms with Crippen molar-refractivity contribution in [2.75, 3.05) is 81.1 Å². The topological polar surface area (TPSA) is 201 Å². The van der Waals surface area contributed by atoms with Crippen molar-refractivity contribution in [3.05, 3.63) is 71.0 Å². The van der Waals surface area contributed by atoms with Gasteiger partial charge in [-0.2, -0.15) is 5.01 Å². The van der Waals surface area contributed by atoms with E-state index in [-0.39, 0.29) is 47.7 Å². The lowest BCUT2D eigenvalue weighted by molar-refractivity contribution is -0.122. The lowest BCUT2D eigenvalue weighted by Gasteiger charge is -2.45. The SMILES string of the molecule is CN1CCN([C@@H]2CCCN(c3cnc(C(N)=O)c(Nc4ccc(N5CC[C@@H]6CCN(Cc7ccc8c(c7)C(=O)N(N7CCC(=O)NC7=O)C8=O)C[C@@H]6C5)cc4)n3)C2)C1=O. The van der Waals surface area contributed by atoms with Gasteiger partial charge in [0.25, 0.3) is 17.7 Å². The molecular formula is C41H48N12O6. The zero-order chi connectivity index (χ0) is 40.9. The fourth-order valence-electron chi connectivity index (χ4n) is 9.53. The molecule has 0 unspecified atom stereocenters. The van der Waals surface area contributed by atoms with Gasteiger partial charge in [0.05, 0.1) is 29.9 Å². The molecule has 6 aliphatic rings. The summed E-state index contributed by atoms with van der Waals surface area (Å²) in [5.41, 5.74) is 9.05. The van der Waals surface area contributed by atoms with Crippen LogP contribution < -0.4 is 26.2 Å². The van der Waals surface area contributed by atoms with Gasteiger partial charge in [-0.25, -0.2) is 24.6 Å². The first-order chi connectivity index (χ1) is 28.5. The summed E-state index contributed by atoms with van der Waals surface area (Å²) in [6.07, 6.45) is 5.59. The van der Waals surface area contributed by atoms with Crippen LogP contribution >= 0.6 is 0 Å². The number of nitrogens with one attached hydrogen (secondary N) is 2. The zero-order valence-corrected chi connectivity index (χ0v) is 33.0. The molecule has 3 aromatic rings. The summed E-state index contributed by atoms with van der Waals surface area (Å²) in [6, 6.07) is 12.7. The van der Waals surface area contributed by atoms with E-state index in [9.17, 15) is 28.8 Å². The van der Waals surface area contributed by atoms with Gasteiger partial charge in [-0.15, -0.1) is 0 Å². The van der Waals surface area contributed by atoms with E-state index in [0.29, 0.717) is 37.3 Å². The third kappa shape index (κ3) is 7.36. The van der Waals surface area contributed by atoms with Crippen molar-refractivity contribution in [2.45, 2.75) is 44.7 Å². The van der Waals surface area contributed by atoms with Gasteiger partial charge < -0.3 is 30.7 Å². The number of amides is 8. The predicted octanol–water partition coefficient (Wildman–Crippen LogP) is 2.46. The van der Waals surface area contributed by atoms with Crippen molar-refractivity contribution in [3.63, 3.8) is 0 Å². The molecule has 308 valence electrons. The minimum absolute atomic E-state index is 0.00917. The highest BCUT2D eigenvalue weighted by Gasteiger charge is 2.43. The van der Waals surface area contributed by atoms with Crippen molar-refractivity contribution >= 4 is 58.7 Å². The Morgan fingerprint density at radius 3 is 2.41 bits per heavy atom. The molecular weight excluding hydrogens is 757 g/mol. The number of urea groups is 2. The highest BCUT2D eigenvalue weighted by atomic mass is 16.2. The van der Waals surface area contributed by atoms with Gasteiger partial charge in [-0.1, -0.05) is 6.07 Å². The number of hydrogen-bond acceptors (Lipinski definition) is 12. The molecule has 0 spiro atoms. The molecule has 0 aliphatic carbocycles. The van der Waals surface area contributed by atoms with Crippen molar-refractivity contribution in [1.82, 2.24) is 40.0 Å². The number of imide groups is 2. The maximum absolute atomic E-state index is 13.4. The number of aromatic nitrogens is 2. The van der Waals surface area contributed by atoms with Crippen LogP contribution in [0.2, 0.25) is 0 Å². The molecule has 5 saturated heterocycles. The van der Waals surface area contributed by atoms with Crippen LogP contribution in [0.25, 0.3) is 0 Å². The first-order valence-corrected chi connectivity index (χ1v) is 20.4. The number of nitrogens with two attached hydrogens (primary N) is 1. The quantitative estimate of drug-likeness (QED) is 0.268. The fraction of sp³-hybridized carbons (Fsp3) is 0.463. The Balaban J connectivity index is 0.827. The average Bonchev–Trinajstić information content (AvgIpc) is 3.70. The average molecular weight is 805 g/mol. The summed E-state index contributed by atoms with van der Waals surface area (Å²) in [5, 5.41) is 7.31. The molecule has 0 radical (unpaired) electrons. The van der Waals surface area contributed by atoms with E-state index < -0.39 is 29.7 Å². The van der Waals surface area contributed by atoms with Crippen LogP contribution in [0.3, 0.4) is 0 Å². The molecule has 5 fully saturated rings. The van der Waals surface area contributed by atoms with Gasteiger partial charge in [0.2, 0.25) is 5.91 Å².